The molecule has 3 heterocycles. The van der Waals surface area contributed by atoms with E-state index in [1.165, 1.54) is 0 Å². The number of urea groups is 1. The molecule has 3 aromatic rings. The third kappa shape index (κ3) is 4.48. The van der Waals surface area contributed by atoms with Crippen LogP contribution in [-0.4, -0.2) is 48.9 Å². The molecule has 6 rings (SSSR count). The van der Waals surface area contributed by atoms with Crippen LogP contribution < -0.4 is 15.5 Å². The van der Waals surface area contributed by atoms with E-state index in [1.807, 2.05) is 72.5 Å². The summed E-state index contributed by atoms with van der Waals surface area (Å²) in [6.07, 6.45) is 2.51. The first-order valence-electron chi connectivity index (χ1n) is 12.8. The number of aryl methyl sites for hydroxylation is 1. The summed E-state index contributed by atoms with van der Waals surface area (Å²) in [5.74, 6) is 1.66. The number of benzene rings is 2. The molecule has 0 unspecified atom stereocenters. The molecule has 0 bridgehead atoms. The molecule has 3 fully saturated rings. The molecule has 2 aliphatic heterocycles. The van der Waals surface area contributed by atoms with Gasteiger partial charge in [0.05, 0.1) is 0 Å². The van der Waals surface area contributed by atoms with E-state index < -0.39 is 0 Å². The van der Waals surface area contributed by atoms with Crippen molar-refractivity contribution in [3.05, 3.63) is 72.0 Å². The fourth-order valence-electron chi connectivity index (χ4n) is 5.67. The molecule has 4 amide bonds. The van der Waals surface area contributed by atoms with Crippen LogP contribution in [0.25, 0.3) is 11.3 Å². The van der Waals surface area contributed by atoms with Gasteiger partial charge in [-0.3, -0.25) is 14.5 Å². The van der Waals surface area contributed by atoms with Crippen molar-refractivity contribution < 1.29 is 18.8 Å². The summed E-state index contributed by atoms with van der Waals surface area (Å²) in [5.41, 5.74) is 3.07. The molecule has 1 spiro atoms. The van der Waals surface area contributed by atoms with E-state index >= 15 is 0 Å². The van der Waals surface area contributed by atoms with Gasteiger partial charge in [-0.25, -0.2) is 4.79 Å². The van der Waals surface area contributed by atoms with Gasteiger partial charge in [0.25, 0.3) is 5.91 Å². The minimum absolute atomic E-state index is 0.0195. The van der Waals surface area contributed by atoms with Crippen molar-refractivity contribution in [1.29, 1.82) is 0 Å². The second-order valence-electron chi connectivity index (χ2n) is 10.3. The molecule has 190 valence electrons. The van der Waals surface area contributed by atoms with Gasteiger partial charge in [0.2, 0.25) is 5.91 Å². The highest BCUT2D eigenvalue weighted by atomic mass is 16.3. The first kappa shape index (κ1) is 23.3. The fourth-order valence-corrected chi connectivity index (χ4v) is 5.67. The second-order valence-corrected chi connectivity index (χ2v) is 10.3. The normalized spacial score (nSPS) is 20.1. The zero-order valence-electron chi connectivity index (χ0n) is 20.8. The van der Waals surface area contributed by atoms with Gasteiger partial charge >= 0.3 is 6.03 Å². The molecule has 3 aliphatic rings. The smallest absolute Gasteiger partial charge is 0.321 e. The molecule has 1 aromatic heterocycles. The predicted octanol–water partition coefficient (Wildman–Crippen LogP) is 4.67. The zero-order valence-corrected chi connectivity index (χ0v) is 20.8. The largest absolute Gasteiger partial charge is 0.461 e. The second kappa shape index (κ2) is 9.10. The van der Waals surface area contributed by atoms with Gasteiger partial charge in [0, 0.05) is 54.6 Å². The summed E-state index contributed by atoms with van der Waals surface area (Å²) < 4.78 is 5.67. The number of nitrogens with one attached hydrogen (secondary N) is 2. The number of hydrogen-bond acceptors (Lipinski definition) is 4. The van der Waals surface area contributed by atoms with Crippen LogP contribution in [0.1, 0.15) is 35.4 Å². The van der Waals surface area contributed by atoms with E-state index in [9.17, 15) is 14.4 Å². The highest BCUT2D eigenvalue weighted by Gasteiger charge is 2.58. The molecular formula is C29H30N4O4. The van der Waals surface area contributed by atoms with Gasteiger partial charge in [-0.05, 0) is 74.1 Å². The summed E-state index contributed by atoms with van der Waals surface area (Å²) in [7, 11) is 0. The van der Waals surface area contributed by atoms with Gasteiger partial charge in [0.1, 0.15) is 11.5 Å². The topological polar surface area (TPSA) is 94.9 Å². The maximum atomic E-state index is 13.1. The minimum atomic E-state index is -0.116. The molecular weight excluding hydrogens is 468 g/mol. The van der Waals surface area contributed by atoms with Crippen LogP contribution in [0.15, 0.2) is 65.1 Å². The molecule has 2 aromatic carbocycles. The Labute approximate surface area is 215 Å². The first-order chi connectivity index (χ1) is 17.9. The number of likely N-dealkylation sites (tertiary alicyclic amines) is 1. The Morgan fingerprint density at radius 1 is 1.03 bits per heavy atom. The lowest BCUT2D eigenvalue weighted by atomic mass is 9.90. The summed E-state index contributed by atoms with van der Waals surface area (Å²) in [6, 6.07) is 18.7. The third-order valence-electron chi connectivity index (χ3n) is 7.99. The fraction of sp³-hybridized carbons (Fsp3) is 0.345. The van der Waals surface area contributed by atoms with Crippen molar-refractivity contribution in [2.24, 2.45) is 11.3 Å². The lowest BCUT2D eigenvalue weighted by Gasteiger charge is -2.33. The van der Waals surface area contributed by atoms with Crippen LogP contribution in [0.2, 0.25) is 0 Å². The van der Waals surface area contributed by atoms with Gasteiger partial charge < -0.3 is 20.0 Å². The highest BCUT2D eigenvalue weighted by molar-refractivity contribution is 5.98. The maximum Gasteiger partial charge on any atom is 0.321 e. The molecule has 2 saturated heterocycles. The van der Waals surface area contributed by atoms with Gasteiger partial charge in [0.15, 0.2) is 0 Å². The number of carbonyl (C=O) groups excluding carboxylic acids is 3. The number of rotatable bonds is 5. The Morgan fingerprint density at radius 2 is 1.81 bits per heavy atom. The molecule has 37 heavy (non-hydrogen) atoms. The third-order valence-corrected chi connectivity index (χ3v) is 7.99. The zero-order chi connectivity index (χ0) is 25.6. The lowest BCUT2D eigenvalue weighted by Crippen LogP contribution is -2.40. The van der Waals surface area contributed by atoms with Crippen LogP contribution in [0.5, 0.6) is 0 Å². The molecule has 0 radical (unpaired) electrons. The number of amides is 4. The highest BCUT2D eigenvalue weighted by Crippen LogP contribution is 2.59. The Balaban J connectivity index is 1.04. The number of piperidine rings is 1. The standard InChI is InChI=1S/C29H30N4O4/c1-19-5-10-25(37-19)20-6-8-21(9-7-20)27(35)32-14-11-29(12-15-32)18-24(29)26(34)31-22-3-2-4-23(17-22)33-16-13-30-28(33)36/h2-10,17,24H,11-16,18H2,1H3,(H,30,36)(H,31,34)/t24-/m0/s1. The predicted molar refractivity (Wildman–Crippen MR) is 140 cm³/mol. The van der Waals surface area contributed by atoms with Crippen LogP contribution in [0.4, 0.5) is 16.2 Å². The van der Waals surface area contributed by atoms with E-state index in [4.69, 9.17) is 4.42 Å². The number of anilines is 2. The van der Waals surface area contributed by atoms with Crippen molar-refractivity contribution in [2.75, 3.05) is 36.4 Å². The quantitative estimate of drug-likeness (QED) is 0.535. The van der Waals surface area contributed by atoms with Crippen molar-refractivity contribution in [1.82, 2.24) is 10.2 Å². The number of carbonyl (C=O) groups is 3. The van der Waals surface area contributed by atoms with Crippen molar-refractivity contribution in [2.45, 2.75) is 26.2 Å². The van der Waals surface area contributed by atoms with Gasteiger partial charge in [-0.2, -0.15) is 0 Å². The van der Waals surface area contributed by atoms with E-state index in [0.29, 0.717) is 37.4 Å². The molecule has 1 aliphatic carbocycles. The molecule has 8 heteroatoms. The lowest BCUT2D eigenvalue weighted by molar-refractivity contribution is -0.118. The first-order valence-corrected chi connectivity index (χ1v) is 12.8. The van der Waals surface area contributed by atoms with Gasteiger partial charge in [-0.15, -0.1) is 0 Å². The molecule has 1 saturated carbocycles. The summed E-state index contributed by atoms with van der Waals surface area (Å²) in [5, 5.41) is 5.84. The summed E-state index contributed by atoms with van der Waals surface area (Å²) in [6.45, 7) is 4.45. The van der Waals surface area contributed by atoms with Crippen LogP contribution in [0, 0.1) is 18.3 Å². The van der Waals surface area contributed by atoms with Crippen LogP contribution >= 0.6 is 0 Å². The van der Waals surface area contributed by atoms with E-state index in [1.54, 1.807) is 4.90 Å². The summed E-state index contributed by atoms with van der Waals surface area (Å²) >= 11 is 0. The van der Waals surface area contributed by atoms with Crippen LogP contribution in [0.3, 0.4) is 0 Å². The maximum absolute atomic E-state index is 13.1. The minimum Gasteiger partial charge on any atom is -0.461 e. The average molecular weight is 499 g/mol. The Bertz CT molecular complexity index is 1350. The van der Waals surface area contributed by atoms with Crippen molar-refractivity contribution in [3.8, 4) is 11.3 Å². The number of hydrogen-bond donors (Lipinski definition) is 2. The van der Waals surface area contributed by atoms with Gasteiger partial charge in [-0.1, -0.05) is 18.2 Å². The van der Waals surface area contributed by atoms with Crippen LogP contribution in [-0.2, 0) is 4.79 Å². The SMILES string of the molecule is Cc1ccc(-c2ccc(C(=O)N3CCC4(CC3)C[C@H]4C(=O)Nc3cccc(N4CCNC4=O)c3)cc2)o1. The Kier molecular flexibility index (Phi) is 5.74. The van der Waals surface area contributed by atoms with E-state index in [-0.39, 0.29) is 29.2 Å². The Hall–Kier alpha value is -4.07. The number of nitrogens with zero attached hydrogens (tertiary/aromatic N) is 2. The van der Waals surface area contributed by atoms with E-state index in [2.05, 4.69) is 10.6 Å². The Morgan fingerprint density at radius 3 is 2.49 bits per heavy atom. The number of furan rings is 1. The summed E-state index contributed by atoms with van der Waals surface area (Å²) in [4.78, 5) is 41.7. The molecule has 1 atom stereocenters. The molecule has 8 nitrogen and oxygen atoms in total. The van der Waals surface area contributed by atoms with Crippen molar-refractivity contribution in [3.63, 3.8) is 0 Å². The van der Waals surface area contributed by atoms with Crippen molar-refractivity contribution >= 4 is 29.2 Å². The molecule has 2 N–H and O–H groups in total. The average Bonchev–Trinajstić information content (AvgIpc) is 3.19. The van der Waals surface area contributed by atoms with E-state index in [0.717, 1.165) is 42.0 Å². The monoisotopic (exact) mass is 498 g/mol.